The molecule has 5 nitrogen and oxygen atoms in total. The lowest BCUT2D eigenvalue weighted by Gasteiger charge is -2.13. The molecule has 3 rings (SSSR count). The number of thioether (sulfide) groups is 1. The van der Waals surface area contributed by atoms with E-state index in [1.54, 1.807) is 0 Å². The minimum absolute atomic E-state index is 0.0599. The number of carbonyl (C=O) groups is 1. The maximum atomic E-state index is 12.5. The van der Waals surface area contributed by atoms with Crippen LogP contribution in [0.25, 0.3) is 5.69 Å². The molecule has 0 fully saturated rings. The maximum Gasteiger partial charge on any atom is 0.237 e. The number of aromatic nitrogens is 3. The van der Waals surface area contributed by atoms with Crippen LogP contribution in [0, 0.1) is 20.8 Å². The molecule has 0 bridgehead atoms. The smallest absolute Gasteiger partial charge is 0.237 e. The third-order valence-electron chi connectivity index (χ3n) is 4.03. The van der Waals surface area contributed by atoms with Crippen LogP contribution in [-0.2, 0) is 4.79 Å². The third kappa shape index (κ3) is 4.14. The molecule has 0 spiro atoms. The zero-order chi connectivity index (χ0) is 18.7. The van der Waals surface area contributed by atoms with Crippen LogP contribution < -0.4 is 5.32 Å². The first-order valence-corrected chi connectivity index (χ1v) is 9.35. The average molecular weight is 366 g/mol. The summed E-state index contributed by atoms with van der Waals surface area (Å²) < 4.78 is 1.98. The Balaban J connectivity index is 1.76. The van der Waals surface area contributed by atoms with Gasteiger partial charge in [0.2, 0.25) is 5.91 Å². The molecule has 3 aromatic rings. The molecule has 1 aromatic heterocycles. The van der Waals surface area contributed by atoms with Crippen LogP contribution in [0.2, 0.25) is 0 Å². The quantitative estimate of drug-likeness (QED) is 0.684. The molecule has 26 heavy (non-hydrogen) atoms. The van der Waals surface area contributed by atoms with Gasteiger partial charge < -0.3 is 5.32 Å². The molecule has 0 aliphatic carbocycles. The Labute approximate surface area is 157 Å². The van der Waals surface area contributed by atoms with Gasteiger partial charge in [0.25, 0.3) is 0 Å². The number of carbonyl (C=O) groups excluding carboxylic acids is 1. The van der Waals surface area contributed by atoms with Crippen molar-refractivity contribution in [1.82, 2.24) is 14.8 Å². The molecule has 0 saturated carbocycles. The summed E-state index contributed by atoms with van der Waals surface area (Å²) in [6.45, 7) is 7.85. The van der Waals surface area contributed by atoms with Crippen molar-refractivity contribution in [3.63, 3.8) is 0 Å². The number of nitrogens with zero attached hydrogens (tertiary/aromatic N) is 3. The van der Waals surface area contributed by atoms with Gasteiger partial charge in [0.15, 0.2) is 5.16 Å². The van der Waals surface area contributed by atoms with Crippen LogP contribution in [0.3, 0.4) is 0 Å². The van der Waals surface area contributed by atoms with Gasteiger partial charge in [0.1, 0.15) is 5.82 Å². The Morgan fingerprint density at radius 2 is 1.77 bits per heavy atom. The largest absolute Gasteiger partial charge is 0.325 e. The van der Waals surface area contributed by atoms with Crippen LogP contribution in [0.4, 0.5) is 5.69 Å². The summed E-state index contributed by atoms with van der Waals surface area (Å²) >= 11 is 1.40. The first kappa shape index (κ1) is 18.2. The van der Waals surface area contributed by atoms with E-state index in [-0.39, 0.29) is 11.2 Å². The number of hydrogen-bond acceptors (Lipinski definition) is 4. The second-order valence-electron chi connectivity index (χ2n) is 6.32. The second-order valence-corrected chi connectivity index (χ2v) is 7.63. The third-order valence-corrected chi connectivity index (χ3v) is 5.07. The predicted molar refractivity (Wildman–Crippen MR) is 106 cm³/mol. The van der Waals surface area contributed by atoms with E-state index >= 15 is 0 Å². The van der Waals surface area contributed by atoms with E-state index in [0.29, 0.717) is 5.16 Å². The highest BCUT2D eigenvalue weighted by atomic mass is 32.2. The van der Waals surface area contributed by atoms with E-state index in [2.05, 4.69) is 21.6 Å². The number of rotatable bonds is 5. The minimum atomic E-state index is -0.302. The first-order valence-electron chi connectivity index (χ1n) is 8.47. The fraction of sp³-hybridized carbons (Fsp3) is 0.250. The SMILES string of the molecule is Cc1ccc(NC(=O)C(C)Sc2nnc(C)n2-c2cccc(C)c2)cc1. The highest BCUT2D eigenvalue weighted by Crippen LogP contribution is 2.26. The number of nitrogens with one attached hydrogen (secondary N) is 1. The lowest BCUT2D eigenvalue weighted by molar-refractivity contribution is -0.115. The highest BCUT2D eigenvalue weighted by molar-refractivity contribution is 8.00. The van der Waals surface area contributed by atoms with Gasteiger partial charge in [-0.2, -0.15) is 0 Å². The molecular weight excluding hydrogens is 344 g/mol. The van der Waals surface area contributed by atoms with Crippen LogP contribution in [0.15, 0.2) is 53.7 Å². The van der Waals surface area contributed by atoms with Gasteiger partial charge in [0, 0.05) is 11.4 Å². The lowest BCUT2D eigenvalue weighted by atomic mass is 10.2. The summed E-state index contributed by atoms with van der Waals surface area (Å²) in [4.78, 5) is 12.5. The molecule has 1 heterocycles. The second kappa shape index (κ2) is 7.74. The Kier molecular flexibility index (Phi) is 5.42. The van der Waals surface area contributed by atoms with Crippen LogP contribution >= 0.6 is 11.8 Å². The fourth-order valence-electron chi connectivity index (χ4n) is 2.58. The van der Waals surface area contributed by atoms with Gasteiger partial charge in [-0.1, -0.05) is 41.6 Å². The van der Waals surface area contributed by atoms with Crippen molar-refractivity contribution in [3.05, 3.63) is 65.5 Å². The maximum absolute atomic E-state index is 12.5. The topological polar surface area (TPSA) is 59.8 Å². The number of aryl methyl sites for hydroxylation is 3. The van der Waals surface area contributed by atoms with Gasteiger partial charge >= 0.3 is 0 Å². The number of anilines is 1. The van der Waals surface area contributed by atoms with Crippen LogP contribution in [0.5, 0.6) is 0 Å². The monoisotopic (exact) mass is 366 g/mol. The summed E-state index contributed by atoms with van der Waals surface area (Å²) in [7, 11) is 0. The molecule has 2 aromatic carbocycles. The van der Waals surface area contributed by atoms with Crippen molar-refractivity contribution in [2.24, 2.45) is 0 Å². The normalized spacial score (nSPS) is 12.0. The van der Waals surface area contributed by atoms with Gasteiger partial charge in [-0.3, -0.25) is 9.36 Å². The molecular formula is C20H22N4OS. The van der Waals surface area contributed by atoms with E-state index in [9.17, 15) is 4.79 Å². The predicted octanol–water partition coefficient (Wildman–Crippen LogP) is 4.31. The van der Waals surface area contributed by atoms with E-state index in [0.717, 1.165) is 28.3 Å². The van der Waals surface area contributed by atoms with Crippen LogP contribution in [-0.4, -0.2) is 25.9 Å². The molecule has 6 heteroatoms. The van der Waals surface area contributed by atoms with E-state index in [1.165, 1.54) is 11.8 Å². The zero-order valence-corrected chi connectivity index (χ0v) is 16.2. The van der Waals surface area contributed by atoms with Crippen molar-refractivity contribution >= 4 is 23.4 Å². The van der Waals surface area contributed by atoms with Gasteiger partial charge in [-0.05, 0) is 57.5 Å². The van der Waals surface area contributed by atoms with Gasteiger partial charge in [0.05, 0.1) is 5.25 Å². The van der Waals surface area contributed by atoms with Crippen molar-refractivity contribution in [1.29, 1.82) is 0 Å². The molecule has 1 amide bonds. The van der Waals surface area contributed by atoms with Gasteiger partial charge in [-0.15, -0.1) is 10.2 Å². The standard InChI is InChI=1S/C20H22N4OS/c1-13-8-10-17(11-9-13)21-19(25)15(3)26-20-23-22-16(4)24(20)18-7-5-6-14(2)12-18/h5-12,15H,1-4H3,(H,21,25). The van der Waals surface area contributed by atoms with Gasteiger partial charge in [-0.25, -0.2) is 0 Å². The van der Waals surface area contributed by atoms with E-state index in [1.807, 2.05) is 74.7 Å². The van der Waals surface area contributed by atoms with Crippen molar-refractivity contribution in [2.45, 2.75) is 38.1 Å². The lowest BCUT2D eigenvalue weighted by Crippen LogP contribution is -2.22. The highest BCUT2D eigenvalue weighted by Gasteiger charge is 2.20. The van der Waals surface area contributed by atoms with Crippen molar-refractivity contribution in [3.8, 4) is 5.69 Å². The molecule has 1 unspecified atom stereocenters. The Morgan fingerprint density at radius 3 is 2.46 bits per heavy atom. The summed E-state index contributed by atoms with van der Waals surface area (Å²) in [6.07, 6.45) is 0. The van der Waals surface area contributed by atoms with E-state index in [4.69, 9.17) is 0 Å². The molecule has 134 valence electrons. The summed E-state index contributed by atoms with van der Waals surface area (Å²) in [5, 5.41) is 11.8. The minimum Gasteiger partial charge on any atom is -0.325 e. The molecule has 0 saturated heterocycles. The number of amides is 1. The average Bonchev–Trinajstić information content (AvgIpc) is 2.97. The molecule has 0 aliphatic rings. The number of benzene rings is 2. The zero-order valence-electron chi connectivity index (χ0n) is 15.4. The fourth-order valence-corrected chi connectivity index (χ4v) is 3.49. The summed E-state index contributed by atoms with van der Waals surface area (Å²) in [5.41, 5.74) is 4.12. The van der Waals surface area contributed by atoms with E-state index < -0.39 is 0 Å². The molecule has 0 aliphatic heterocycles. The Bertz CT molecular complexity index is 918. The van der Waals surface area contributed by atoms with Crippen molar-refractivity contribution < 1.29 is 4.79 Å². The Morgan fingerprint density at radius 1 is 1.04 bits per heavy atom. The molecule has 1 atom stereocenters. The van der Waals surface area contributed by atoms with Crippen molar-refractivity contribution in [2.75, 3.05) is 5.32 Å². The summed E-state index contributed by atoms with van der Waals surface area (Å²) in [5.74, 6) is 0.736. The number of hydrogen-bond donors (Lipinski definition) is 1. The first-order chi connectivity index (χ1) is 12.4. The molecule has 1 N–H and O–H groups in total. The molecule has 0 radical (unpaired) electrons. The Hall–Kier alpha value is -2.60. The van der Waals surface area contributed by atoms with Crippen LogP contribution in [0.1, 0.15) is 23.9 Å². The summed E-state index contributed by atoms with van der Waals surface area (Å²) in [6, 6.07) is 15.9.